The van der Waals surface area contributed by atoms with Gasteiger partial charge in [-0.05, 0) is 24.3 Å². The summed E-state index contributed by atoms with van der Waals surface area (Å²) in [6.07, 6.45) is -0.694. The molecule has 9 heteroatoms. The molecular weight excluding hydrogens is 429 g/mol. The highest BCUT2D eigenvalue weighted by Crippen LogP contribution is 2.34. The Bertz CT molecular complexity index is 950. The zero-order valence-corrected chi connectivity index (χ0v) is 17.7. The molecule has 30 heavy (non-hydrogen) atoms. The fourth-order valence-electron chi connectivity index (χ4n) is 3.54. The summed E-state index contributed by atoms with van der Waals surface area (Å²) >= 11 is 12.2. The molecule has 1 saturated heterocycles. The molecule has 0 unspecified atom stereocenters. The third-order valence-corrected chi connectivity index (χ3v) is 5.84. The molecule has 1 fully saturated rings. The number of para-hydroxylation sites is 2. The quantitative estimate of drug-likeness (QED) is 0.776. The first-order valence-corrected chi connectivity index (χ1v) is 10.4. The Morgan fingerprint density at radius 2 is 1.83 bits per heavy atom. The molecule has 2 amide bonds. The van der Waals surface area contributed by atoms with E-state index < -0.39 is 6.10 Å². The average Bonchev–Trinajstić information content (AvgIpc) is 2.77. The molecule has 0 radical (unpaired) electrons. The van der Waals surface area contributed by atoms with E-state index >= 15 is 0 Å². The van der Waals surface area contributed by atoms with E-state index in [-0.39, 0.29) is 29.9 Å². The van der Waals surface area contributed by atoms with Crippen LogP contribution < -0.4 is 15.0 Å². The van der Waals surface area contributed by atoms with Crippen LogP contribution >= 0.6 is 23.2 Å². The van der Waals surface area contributed by atoms with Crippen molar-refractivity contribution in [2.24, 2.45) is 0 Å². The number of rotatable bonds is 4. The van der Waals surface area contributed by atoms with Crippen molar-refractivity contribution < 1.29 is 19.1 Å². The molecule has 2 aromatic carbocycles. The molecule has 1 N–H and O–H groups in total. The van der Waals surface area contributed by atoms with Crippen LogP contribution in [0.5, 0.6) is 5.75 Å². The van der Waals surface area contributed by atoms with Crippen LogP contribution in [-0.4, -0.2) is 62.2 Å². The topological polar surface area (TPSA) is 71.1 Å². The molecule has 0 aromatic heterocycles. The predicted molar refractivity (Wildman–Crippen MR) is 116 cm³/mol. The highest BCUT2D eigenvalue weighted by Gasteiger charge is 2.34. The van der Waals surface area contributed by atoms with E-state index in [0.29, 0.717) is 42.8 Å². The van der Waals surface area contributed by atoms with Crippen molar-refractivity contribution in [1.29, 1.82) is 0 Å². The molecule has 7 nitrogen and oxygen atoms in total. The third-order valence-electron chi connectivity index (χ3n) is 5.02. The van der Waals surface area contributed by atoms with Crippen LogP contribution in [0.25, 0.3) is 0 Å². The molecule has 158 valence electrons. The summed E-state index contributed by atoms with van der Waals surface area (Å²) < 4.78 is 11.3. The maximum atomic E-state index is 13.0. The van der Waals surface area contributed by atoms with Crippen LogP contribution in [0.3, 0.4) is 0 Å². The standard InChI is InChI=1S/C21H21Cl2N3O4/c22-14-4-3-5-15(20(14)23)24-19(27)13-26-12-18(21(28)25-8-10-29-11-9-25)30-17-7-2-1-6-16(17)26/h1-7,18H,8-13H2,(H,24,27)/t18-/m0/s1. The number of morpholine rings is 1. The summed E-state index contributed by atoms with van der Waals surface area (Å²) in [4.78, 5) is 29.3. The van der Waals surface area contributed by atoms with Crippen LogP contribution in [0, 0.1) is 0 Å². The number of carbonyl (C=O) groups is 2. The average molecular weight is 450 g/mol. The number of nitrogens with zero attached hydrogens (tertiary/aromatic N) is 2. The summed E-state index contributed by atoms with van der Waals surface area (Å²) in [5.74, 6) is 0.202. The van der Waals surface area contributed by atoms with Gasteiger partial charge in [0.2, 0.25) is 5.91 Å². The van der Waals surface area contributed by atoms with E-state index in [1.54, 1.807) is 29.2 Å². The van der Waals surface area contributed by atoms with Crippen molar-refractivity contribution in [3.8, 4) is 5.75 Å². The molecule has 0 aliphatic carbocycles. The highest BCUT2D eigenvalue weighted by molar-refractivity contribution is 6.44. The maximum Gasteiger partial charge on any atom is 0.265 e. The van der Waals surface area contributed by atoms with Gasteiger partial charge in [-0.3, -0.25) is 9.59 Å². The number of hydrogen-bond acceptors (Lipinski definition) is 5. The second kappa shape index (κ2) is 9.12. The normalized spacial score (nSPS) is 18.4. The highest BCUT2D eigenvalue weighted by atomic mass is 35.5. The van der Waals surface area contributed by atoms with E-state index in [1.807, 2.05) is 23.1 Å². The van der Waals surface area contributed by atoms with Crippen molar-refractivity contribution in [1.82, 2.24) is 4.90 Å². The van der Waals surface area contributed by atoms with Crippen molar-refractivity contribution in [3.05, 3.63) is 52.5 Å². The minimum Gasteiger partial charge on any atom is -0.477 e. The van der Waals surface area contributed by atoms with E-state index in [4.69, 9.17) is 32.7 Å². The fourth-order valence-corrected chi connectivity index (χ4v) is 3.88. The van der Waals surface area contributed by atoms with Gasteiger partial charge in [-0.1, -0.05) is 41.4 Å². The first kappa shape index (κ1) is 20.8. The lowest BCUT2D eigenvalue weighted by atomic mass is 10.1. The maximum absolute atomic E-state index is 13.0. The number of benzene rings is 2. The molecule has 0 saturated carbocycles. The summed E-state index contributed by atoms with van der Waals surface area (Å²) in [5.41, 5.74) is 1.20. The van der Waals surface area contributed by atoms with Gasteiger partial charge in [-0.2, -0.15) is 0 Å². The molecule has 2 aliphatic rings. The van der Waals surface area contributed by atoms with Crippen molar-refractivity contribution in [3.63, 3.8) is 0 Å². The minimum absolute atomic E-state index is 0.0378. The molecule has 2 aromatic rings. The predicted octanol–water partition coefficient (Wildman–Crippen LogP) is 3.06. The number of ether oxygens (including phenoxy) is 2. The SMILES string of the molecule is O=C(CN1C[C@@H](C(=O)N2CCOCC2)Oc2ccccc21)Nc1cccc(Cl)c1Cl. The zero-order chi connectivity index (χ0) is 21.1. The van der Waals surface area contributed by atoms with Gasteiger partial charge in [0.15, 0.2) is 6.10 Å². The molecule has 2 aliphatic heterocycles. The number of nitrogens with one attached hydrogen (secondary N) is 1. The van der Waals surface area contributed by atoms with Crippen LogP contribution in [0.1, 0.15) is 0 Å². The Morgan fingerprint density at radius 1 is 1.07 bits per heavy atom. The van der Waals surface area contributed by atoms with Crippen LogP contribution in [0.4, 0.5) is 11.4 Å². The van der Waals surface area contributed by atoms with Crippen molar-refractivity contribution in [2.75, 3.05) is 49.6 Å². The van der Waals surface area contributed by atoms with Gasteiger partial charge in [-0.15, -0.1) is 0 Å². The van der Waals surface area contributed by atoms with Gasteiger partial charge in [0.25, 0.3) is 5.91 Å². The van der Waals surface area contributed by atoms with E-state index in [2.05, 4.69) is 5.32 Å². The van der Waals surface area contributed by atoms with Gasteiger partial charge in [-0.25, -0.2) is 0 Å². The summed E-state index contributed by atoms with van der Waals surface area (Å²) in [6, 6.07) is 12.4. The molecule has 0 bridgehead atoms. The van der Waals surface area contributed by atoms with Gasteiger partial charge >= 0.3 is 0 Å². The Hall–Kier alpha value is -2.48. The van der Waals surface area contributed by atoms with E-state index in [9.17, 15) is 9.59 Å². The van der Waals surface area contributed by atoms with Crippen LogP contribution in [0.2, 0.25) is 10.0 Å². The van der Waals surface area contributed by atoms with E-state index in [1.165, 1.54) is 0 Å². The number of amides is 2. The second-order valence-electron chi connectivity index (χ2n) is 7.04. The Balaban J connectivity index is 1.50. The lowest BCUT2D eigenvalue weighted by Crippen LogP contribution is -2.53. The van der Waals surface area contributed by atoms with Gasteiger partial charge in [0.05, 0.1) is 47.7 Å². The number of carbonyl (C=O) groups excluding carboxylic acids is 2. The van der Waals surface area contributed by atoms with Crippen LogP contribution in [-0.2, 0) is 14.3 Å². The van der Waals surface area contributed by atoms with Gasteiger partial charge in [0.1, 0.15) is 5.75 Å². The number of anilines is 2. The minimum atomic E-state index is -0.694. The van der Waals surface area contributed by atoms with Crippen molar-refractivity contribution in [2.45, 2.75) is 6.10 Å². The molecule has 4 rings (SSSR count). The number of halogens is 2. The summed E-state index contributed by atoms with van der Waals surface area (Å²) in [5, 5.41) is 3.44. The van der Waals surface area contributed by atoms with Crippen LogP contribution in [0.15, 0.2) is 42.5 Å². The molecular formula is C21H21Cl2N3O4. The smallest absolute Gasteiger partial charge is 0.265 e. The largest absolute Gasteiger partial charge is 0.477 e. The fraction of sp³-hybridized carbons (Fsp3) is 0.333. The number of hydrogen-bond donors (Lipinski definition) is 1. The monoisotopic (exact) mass is 449 g/mol. The van der Waals surface area contributed by atoms with Gasteiger partial charge < -0.3 is 24.6 Å². The first-order chi connectivity index (χ1) is 14.5. The summed E-state index contributed by atoms with van der Waals surface area (Å²) in [6.45, 7) is 2.41. The summed E-state index contributed by atoms with van der Waals surface area (Å²) in [7, 11) is 0. The molecule has 2 heterocycles. The second-order valence-corrected chi connectivity index (χ2v) is 7.83. The first-order valence-electron chi connectivity index (χ1n) is 9.64. The third kappa shape index (κ3) is 4.48. The zero-order valence-electron chi connectivity index (χ0n) is 16.1. The Morgan fingerprint density at radius 3 is 2.63 bits per heavy atom. The van der Waals surface area contributed by atoms with E-state index in [0.717, 1.165) is 5.69 Å². The lowest BCUT2D eigenvalue weighted by Gasteiger charge is -2.38. The Kier molecular flexibility index (Phi) is 6.32. The number of fused-ring (bicyclic) bond motifs is 1. The lowest BCUT2D eigenvalue weighted by molar-refractivity contribution is -0.142. The van der Waals surface area contributed by atoms with Crippen molar-refractivity contribution >= 4 is 46.4 Å². The molecule has 1 atom stereocenters. The molecule has 0 spiro atoms. The Labute approximate surface area is 184 Å². The van der Waals surface area contributed by atoms with Gasteiger partial charge in [0, 0.05) is 13.1 Å².